The van der Waals surface area contributed by atoms with Gasteiger partial charge in [-0.1, -0.05) is 0 Å². The summed E-state index contributed by atoms with van der Waals surface area (Å²) in [5, 5.41) is 3.44. The zero-order valence-electron chi connectivity index (χ0n) is 8.09. The van der Waals surface area contributed by atoms with Crippen LogP contribution in [0.15, 0.2) is 18.5 Å². The van der Waals surface area contributed by atoms with E-state index in [9.17, 15) is 0 Å². The number of hydrogen-bond donors (Lipinski definition) is 2. The largest absolute Gasteiger partial charge is 0.367 e. The molecule has 1 fully saturated rings. The highest BCUT2D eigenvalue weighted by molar-refractivity contribution is 5.08. The van der Waals surface area contributed by atoms with Crippen LogP contribution < -0.4 is 5.32 Å². The maximum absolute atomic E-state index is 3.44. The first-order valence-corrected chi connectivity index (χ1v) is 4.92. The third kappa shape index (κ3) is 2.32. The minimum atomic E-state index is 0.632. The SMILES string of the molecule is C[C@H]1CN(Cc2cc[nH]c2)CCN1. The zero-order valence-corrected chi connectivity index (χ0v) is 8.09. The number of rotatable bonds is 2. The van der Waals surface area contributed by atoms with Gasteiger partial charge in [0.05, 0.1) is 0 Å². The van der Waals surface area contributed by atoms with Crippen LogP contribution >= 0.6 is 0 Å². The average molecular weight is 179 g/mol. The van der Waals surface area contributed by atoms with Gasteiger partial charge >= 0.3 is 0 Å². The molecular formula is C10H17N3. The van der Waals surface area contributed by atoms with Crippen molar-refractivity contribution in [3.8, 4) is 0 Å². The number of nitrogens with zero attached hydrogens (tertiary/aromatic N) is 1. The summed E-state index contributed by atoms with van der Waals surface area (Å²) in [6.45, 7) is 6.76. The van der Waals surface area contributed by atoms with Crippen molar-refractivity contribution in [1.29, 1.82) is 0 Å². The van der Waals surface area contributed by atoms with E-state index in [0.717, 1.165) is 26.2 Å². The number of hydrogen-bond acceptors (Lipinski definition) is 2. The molecule has 0 amide bonds. The molecule has 1 saturated heterocycles. The monoisotopic (exact) mass is 179 g/mol. The molecule has 13 heavy (non-hydrogen) atoms. The van der Waals surface area contributed by atoms with E-state index >= 15 is 0 Å². The smallest absolute Gasteiger partial charge is 0.0249 e. The maximum Gasteiger partial charge on any atom is 0.0249 e. The van der Waals surface area contributed by atoms with Crippen molar-refractivity contribution in [2.75, 3.05) is 19.6 Å². The molecule has 3 nitrogen and oxygen atoms in total. The maximum atomic E-state index is 3.44. The first-order chi connectivity index (χ1) is 6.34. The van der Waals surface area contributed by atoms with E-state index in [2.05, 4.69) is 34.4 Å². The van der Waals surface area contributed by atoms with Gasteiger partial charge in [-0.05, 0) is 18.6 Å². The molecule has 0 saturated carbocycles. The van der Waals surface area contributed by atoms with Gasteiger partial charge < -0.3 is 10.3 Å². The van der Waals surface area contributed by atoms with E-state index in [4.69, 9.17) is 0 Å². The second-order valence-electron chi connectivity index (χ2n) is 3.81. The van der Waals surface area contributed by atoms with Crippen molar-refractivity contribution >= 4 is 0 Å². The highest BCUT2D eigenvalue weighted by Crippen LogP contribution is 2.06. The molecule has 1 aromatic rings. The van der Waals surface area contributed by atoms with E-state index in [1.807, 2.05) is 6.20 Å². The Kier molecular flexibility index (Phi) is 2.66. The predicted molar refractivity (Wildman–Crippen MR) is 53.5 cm³/mol. The molecule has 1 aliphatic heterocycles. The Morgan fingerprint density at radius 2 is 2.54 bits per heavy atom. The highest BCUT2D eigenvalue weighted by Gasteiger charge is 2.15. The molecular weight excluding hydrogens is 162 g/mol. The summed E-state index contributed by atoms with van der Waals surface area (Å²) in [7, 11) is 0. The van der Waals surface area contributed by atoms with Crippen molar-refractivity contribution in [3.05, 3.63) is 24.0 Å². The van der Waals surface area contributed by atoms with Gasteiger partial charge in [-0.2, -0.15) is 0 Å². The van der Waals surface area contributed by atoms with Crippen LogP contribution in [0.5, 0.6) is 0 Å². The topological polar surface area (TPSA) is 31.1 Å². The van der Waals surface area contributed by atoms with Crippen molar-refractivity contribution in [2.45, 2.75) is 19.5 Å². The van der Waals surface area contributed by atoms with Crippen molar-refractivity contribution < 1.29 is 0 Å². The molecule has 0 bridgehead atoms. The van der Waals surface area contributed by atoms with Gasteiger partial charge in [-0.25, -0.2) is 0 Å². The van der Waals surface area contributed by atoms with E-state index in [1.165, 1.54) is 5.56 Å². The van der Waals surface area contributed by atoms with Gasteiger partial charge in [0.15, 0.2) is 0 Å². The van der Waals surface area contributed by atoms with Gasteiger partial charge in [0.2, 0.25) is 0 Å². The Morgan fingerprint density at radius 1 is 1.62 bits per heavy atom. The molecule has 1 atom stereocenters. The molecule has 0 aromatic carbocycles. The van der Waals surface area contributed by atoms with Crippen LogP contribution in [-0.4, -0.2) is 35.6 Å². The normalized spacial score (nSPS) is 24.8. The lowest BCUT2D eigenvalue weighted by molar-refractivity contribution is 0.200. The second kappa shape index (κ2) is 3.94. The summed E-state index contributed by atoms with van der Waals surface area (Å²) in [6.07, 6.45) is 4.06. The molecule has 72 valence electrons. The predicted octanol–water partition coefficient (Wildman–Crippen LogP) is 0.808. The van der Waals surface area contributed by atoms with Gasteiger partial charge in [0.1, 0.15) is 0 Å². The Bertz CT molecular complexity index is 243. The lowest BCUT2D eigenvalue weighted by Gasteiger charge is -2.31. The number of nitrogens with one attached hydrogen (secondary N) is 2. The number of H-pyrrole nitrogens is 1. The van der Waals surface area contributed by atoms with Crippen LogP contribution in [0, 0.1) is 0 Å². The Labute approximate surface area is 79.1 Å². The molecule has 1 aliphatic rings. The number of aromatic nitrogens is 1. The van der Waals surface area contributed by atoms with E-state index in [1.54, 1.807) is 0 Å². The molecule has 0 radical (unpaired) electrons. The molecule has 2 N–H and O–H groups in total. The van der Waals surface area contributed by atoms with Gasteiger partial charge in [0.25, 0.3) is 0 Å². The van der Waals surface area contributed by atoms with Crippen LogP contribution in [0.4, 0.5) is 0 Å². The van der Waals surface area contributed by atoms with E-state index in [-0.39, 0.29) is 0 Å². The van der Waals surface area contributed by atoms with E-state index < -0.39 is 0 Å². The summed E-state index contributed by atoms with van der Waals surface area (Å²) in [6, 6.07) is 2.78. The summed E-state index contributed by atoms with van der Waals surface area (Å²) < 4.78 is 0. The molecule has 3 heteroatoms. The summed E-state index contributed by atoms with van der Waals surface area (Å²) in [5.41, 5.74) is 1.38. The Morgan fingerprint density at radius 3 is 3.23 bits per heavy atom. The van der Waals surface area contributed by atoms with Crippen LogP contribution in [0.1, 0.15) is 12.5 Å². The fourth-order valence-electron chi connectivity index (χ4n) is 1.87. The van der Waals surface area contributed by atoms with Crippen molar-refractivity contribution in [1.82, 2.24) is 15.2 Å². The molecule has 0 unspecified atom stereocenters. The van der Waals surface area contributed by atoms with Gasteiger partial charge in [-0.15, -0.1) is 0 Å². The molecule has 0 aliphatic carbocycles. The second-order valence-corrected chi connectivity index (χ2v) is 3.81. The summed E-state index contributed by atoms with van der Waals surface area (Å²) >= 11 is 0. The van der Waals surface area contributed by atoms with Crippen LogP contribution in [0.25, 0.3) is 0 Å². The first-order valence-electron chi connectivity index (χ1n) is 4.92. The molecule has 1 aromatic heterocycles. The minimum Gasteiger partial charge on any atom is -0.367 e. The quantitative estimate of drug-likeness (QED) is 0.704. The Balaban J connectivity index is 1.87. The van der Waals surface area contributed by atoms with Gasteiger partial charge in [-0.3, -0.25) is 4.90 Å². The van der Waals surface area contributed by atoms with Crippen LogP contribution in [-0.2, 0) is 6.54 Å². The van der Waals surface area contributed by atoms with Crippen LogP contribution in [0.3, 0.4) is 0 Å². The highest BCUT2D eigenvalue weighted by atomic mass is 15.2. The molecule has 2 rings (SSSR count). The minimum absolute atomic E-state index is 0.632. The van der Waals surface area contributed by atoms with E-state index in [0.29, 0.717) is 6.04 Å². The fraction of sp³-hybridized carbons (Fsp3) is 0.600. The number of piperazine rings is 1. The standard InChI is InChI=1S/C10H17N3/c1-9-7-13(5-4-12-9)8-10-2-3-11-6-10/h2-3,6,9,11-12H,4-5,7-8H2,1H3/t9-/m0/s1. The van der Waals surface area contributed by atoms with Crippen molar-refractivity contribution in [2.24, 2.45) is 0 Å². The third-order valence-electron chi connectivity index (χ3n) is 2.52. The fourth-order valence-corrected chi connectivity index (χ4v) is 1.87. The zero-order chi connectivity index (χ0) is 9.10. The first kappa shape index (κ1) is 8.78. The third-order valence-corrected chi connectivity index (χ3v) is 2.52. The van der Waals surface area contributed by atoms with Gasteiger partial charge in [0, 0.05) is 44.6 Å². The number of aromatic amines is 1. The molecule has 0 spiro atoms. The summed E-state index contributed by atoms with van der Waals surface area (Å²) in [4.78, 5) is 5.58. The van der Waals surface area contributed by atoms with Crippen LogP contribution in [0.2, 0.25) is 0 Å². The lowest BCUT2D eigenvalue weighted by Crippen LogP contribution is -2.48. The Hall–Kier alpha value is -0.800. The summed E-state index contributed by atoms with van der Waals surface area (Å²) in [5.74, 6) is 0. The molecule has 2 heterocycles. The van der Waals surface area contributed by atoms with Crippen molar-refractivity contribution in [3.63, 3.8) is 0 Å². The average Bonchev–Trinajstić information content (AvgIpc) is 2.57. The lowest BCUT2D eigenvalue weighted by atomic mass is 10.2.